The summed E-state index contributed by atoms with van der Waals surface area (Å²) in [6.45, 7) is 2.07. The molecule has 2 aromatic rings. The number of nitrogens with zero attached hydrogens (tertiary/aromatic N) is 3. The minimum atomic E-state index is -2.52. The second kappa shape index (κ2) is 5.76. The van der Waals surface area contributed by atoms with Crippen LogP contribution in [-0.2, 0) is 6.42 Å². The van der Waals surface area contributed by atoms with Gasteiger partial charge in [-0.1, -0.05) is 31.2 Å². The van der Waals surface area contributed by atoms with E-state index in [1.807, 2.05) is 30.3 Å². The van der Waals surface area contributed by atoms with Crippen molar-refractivity contribution in [1.82, 2.24) is 9.78 Å². The largest absolute Gasteiger partial charge is 0.362 e. The van der Waals surface area contributed by atoms with E-state index < -0.39 is 12.5 Å². The monoisotopic (exact) mass is 302 g/mol. The van der Waals surface area contributed by atoms with Gasteiger partial charge in [-0.25, -0.2) is 13.5 Å². The van der Waals surface area contributed by atoms with Crippen molar-refractivity contribution in [2.45, 2.75) is 38.3 Å². The lowest BCUT2D eigenvalue weighted by Gasteiger charge is -2.32. The average molecular weight is 302 g/mol. The van der Waals surface area contributed by atoms with Gasteiger partial charge in [0.25, 0.3) is 6.43 Å². The predicted molar refractivity (Wildman–Crippen MR) is 78.8 cm³/mol. The number of nitrogens with one attached hydrogen (secondary N) is 1. The molecule has 1 aliphatic rings. The number of aryl methyl sites for hydroxylation is 1. The zero-order chi connectivity index (χ0) is 15.7. The van der Waals surface area contributed by atoms with Gasteiger partial charge in [0.05, 0.1) is 12.2 Å². The van der Waals surface area contributed by atoms with Crippen molar-refractivity contribution in [3.05, 3.63) is 47.2 Å². The van der Waals surface area contributed by atoms with Crippen molar-refractivity contribution in [2.24, 2.45) is 0 Å². The second-order valence-corrected chi connectivity index (χ2v) is 5.39. The number of anilines is 1. The SMILES string of the molecule is CCc1ccc([C@@H]2C[C@H](C(F)F)n3ncc(C#N)c3N2)cc1. The van der Waals surface area contributed by atoms with Gasteiger partial charge in [0, 0.05) is 0 Å². The topological polar surface area (TPSA) is 53.6 Å². The standard InChI is InChI=1S/C16H16F2N4/c1-2-10-3-5-11(6-4-10)13-7-14(15(17)18)22-16(21-13)12(8-19)9-20-22/h3-6,9,13-15,21H,2,7H2,1H3/t13-,14+/m0/s1. The van der Waals surface area contributed by atoms with E-state index in [-0.39, 0.29) is 12.5 Å². The molecule has 0 radical (unpaired) electrons. The van der Waals surface area contributed by atoms with E-state index in [1.54, 1.807) is 0 Å². The van der Waals surface area contributed by atoms with Crippen molar-refractivity contribution in [2.75, 3.05) is 5.32 Å². The van der Waals surface area contributed by atoms with Crippen LogP contribution in [0.3, 0.4) is 0 Å². The summed E-state index contributed by atoms with van der Waals surface area (Å²) < 4.78 is 27.9. The summed E-state index contributed by atoms with van der Waals surface area (Å²) in [5, 5.41) is 16.2. The minimum Gasteiger partial charge on any atom is -0.362 e. The molecule has 0 saturated heterocycles. The number of fused-ring (bicyclic) bond motifs is 1. The first-order chi connectivity index (χ1) is 10.6. The Hall–Kier alpha value is -2.42. The van der Waals surface area contributed by atoms with Crippen molar-refractivity contribution in [1.29, 1.82) is 5.26 Å². The van der Waals surface area contributed by atoms with Crippen LogP contribution in [0, 0.1) is 11.3 Å². The summed E-state index contributed by atoms with van der Waals surface area (Å²) in [6.07, 6.45) is -0.0171. The van der Waals surface area contributed by atoms with Gasteiger partial charge >= 0.3 is 0 Å². The number of nitriles is 1. The Balaban J connectivity index is 1.96. The Kier molecular flexibility index (Phi) is 3.80. The number of aromatic nitrogens is 2. The molecule has 1 aliphatic heterocycles. The number of rotatable bonds is 3. The van der Waals surface area contributed by atoms with E-state index in [4.69, 9.17) is 5.26 Å². The Bertz CT molecular complexity index is 700. The maximum Gasteiger partial charge on any atom is 0.260 e. The minimum absolute atomic E-state index is 0.239. The number of hydrogen-bond acceptors (Lipinski definition) is 3. The molecule has 1 aromatic heterocycles. The molecule has 0 amide bonds. The lowest BCUT2D eigenvalue weighted by molar-refractivity contribution is 0.0658. The third-order valence-electron chi connectivity index (χ3n) is 4.10. The highest BCUT2D eigenvalue weighted by molar-refractivity contribution is 5.54. The van der Waals surface area contributed by atoms with Crippen LogP contribution >= 0.6 is 0 Å². The van der Waals surface area contributed by atoms with Gasteiger partial charge in [-0.05, 0) is 24.0 Å². The van der Waals surface area contributed by atoms with Gasteiger partial charge in [0.15, 0.2) is 0 Å². The molecule has 0 fully saturated rings. The zero-order valence-corrected chi connectivity index (χ0v) is 12.1. The average Bonchev–Trinajstić information content (AvgIpc) is 2.96. The maximum absolute atomic E-state index is 13.3. The molecule has 0 aliphatic carbocycles. The summed E-state index contributed by atoms with van der Waals surface area (Å²) in [6, 6.07) is 8.65. The lowest BCUT2D eigenvalue weighted by Crippen LogP contribution is -2.31. The summed E-state index contributed by atoms with van der Waals surface area (Å²) >= 11 is 0. The summed E-state index contributed by atoms with van der Waals surface area (Å²) in [4.78, 5) is 0. The molecular formula is C16H16F2N4. The van der Waals surface area contributed by atoms with Crippen LogP contribution in [0.4, 0.5) is 14.6 Å². The van der Waals surface area contributed by atoms with Crippen molar-refractivity contribution < 1.29 is 8.78 Å². The second-order valence-electron chi connectivity index (χ2n) is 5.39. The molecule has 1 aromatic carbocycles. The first kappa shape index (κ1) is 14.5. The van der Waals surface area contributed by atoms with Crippen molar-refractivity contribution >= 4 is 5.82 Å². The molecule has 3 rings (SSSR count). The number of benzene rings is 1. The van der Waals surface area contributed by atoms with Crippen molar-refractivity contribution in [3.8, 4) is 6.07 Å². The first-order valence-electron chi connectivity index (χ1n) is 7.25. The Morgan fingerprint density at radius 1 is 1.41 bits per heavy atom. The summed E-state index contributed by atoms with van der Waals surface area (Å²) in [5.74, 6) is 0.378. The highest BCUT2D eigenvalue weighted by Gasteiger charge is 2.35. The molecule has 1 N–H and O–H groups in total. The number of halogens is 2. The van der Waals surface area contributed by atoms with Crippen LogP contribution in [0.15, 0.2) is 30.5 Å². The van der Waals surface area contributed by atoms with E-state index in [2.05, 4.69) is 17.3 Å². The van der Waals surface area contributed by atoms with Gasteiger partial charge < -0.3 is 5.32 Å². The fourth-order valence-electron chi connectivity index (χ4n) is 2.82. The van der Waals surface area contributed by atoms with E-state index in [0.29, 0.717) is 11.4 Å². The lowest BCUT2D eigenvalue weighted by atomic mass is 9.96. The molecule has 22 heavy (non-hydrogen) atoms. The predicted octanol–water partition coefficient (Wildman–Crippen LogP) is 3.68. The third-order valence-corrected chi connectivity index (χ3v) is 4.10. The molecular weight excluding hydrogens is 286 g/mol. The molecule has 0 saturated carbocycles. The quantitative estimate of drug-likeness (QED) is 0.941. The smallest absolute Gasteiger partial charge is 0.260 e. The molecule has 6 heteroatoms. The van der Waals surface area contributed by atoms with Crippen molar-refractivity contribution in [3.63, 3.8) is 0 Å². The first-order valence-corrected chi connectivity index (χ1v) is 7.25. The number of hydrogen-bond donors (Lipinski definition) is 1. The van der Waals surface area contributed by atoms with Crippen LogP contribution < -0.4 is 5.32 Å². The third kappa shape index (κ3) is 2.43. The molecule has 2 atom stereocenters. The summed E-state index contributed by atoms with van der Waals surface area (Å²) in [7, 11) is 0. The van der Waals surface area contributed by atoms with E-state index in [9.17, 15) is 8.78 Å². The van der Waals surface area contributed by atoms with Crippen LogP contribution in [0.5, 0.6) is 0 Å². The summed E-state index contributed by atoms with van der Waals surface area (Å²) in [5.41, 5.74) is 2.44. The molecule has 0 unspecified atom stereocenters. The molecule has 0 spiro atoms. The van der Waals surface area contributed by atoms with Crippen LogP contribution in [0.25, 0.3) is 0 Å². The fourth-order valence-corrected chi connectivity index (χ4v) is 2.82. The van der Waals surface area contributed by atoms with Gasteiger partial charge in [-0.15, -0.1) is 0 Å². The van der Waals surface area contributed by atoms with E-state index in [0.717, 1.165) is 12.0 Å². The Morgan fingerprint density at radius 3 is 2.73 bits per heavy atom. The fraction of sp³-hybridized carbons (Fsp3) is 0.375. The highest BCUT2D eigenvalue weighted by atomic mass is 19.3. The molecule has 2 heterocycles. The van der Waals surface area contributed by atoms with Crippen LogP contribution in [-0.4, -0.2) is 16.2 Å². The van der Waals surface area contributed by atoms with E-state index >= 15 is 0 Å². The number of alkyl halides is 2. The van der Waals surface area contributed by atoms with Crippen LogP contribution in [0.1, 0.15) is 42.1 Å². The Labute approximate surface area is 127 Å². The van der Waals surface area contributed by atoms with Gasteiger partial charge in [-0.3, -0.25) is 0 Å². The Morgan fingerprint density at radius 2 is 2.14 bits per heavy atom. The van der Waals surface area contributed by atoms with Gasteiger partial charge in [0.1, 0.15) is 23.5 Å². The van der Waals surface area contributed by atoms with Gasteiger partial charge in [0.2, 0.25) is 0 Å². The molecule has 114 valence electrons. The normalized spacial score (nSPS) is 20.3. The van der Waals surface area contributed by atoms with Crippen LogP contribution in [0.2, 0.25) is 0 Å². The van der Waals surface area contributed by atoms with E-state index in [1.165, 1.54) is 16.4 Å². The molecule has 0 bridgehead atoms. The molecule has 4 nitrogen and oxygen atoms in total. The van der Waals surface area contributed by atoms with Gasteiger partial charge in [-0.2, -0.15) is 10.4 Å². The highest BCUT2D eigenvalue weighted by Crippen LogP contribution is 2.39. The zero-order valence-electron chi connectivity index (χ0n) is 12.1. The maximum atomic E-state index is 13.3.